The molecule has 4 aromatic heterocycles. The Labute approximate surface area is 261 Å². The van der Waals surface area contributed by atoms with Crippen molar-refractivity contribution in [2.75, 3.05) is 0 Å². The summed E-state index contributed by atoms with van der Waals surface area (Å²) in [5, 5.41) is 11.4. The van der Waals surface area contributed by atoms with E-state index in [2.05, 4.69) is 0 Å². The van der Waals surface area contributed by atoms with Crippen LogP contribution >= 0.6 is 0 Å². The van der Waals surface area contributed by atoms with E-state index in [1.54, 1.807) is 58.2 Å². The van der Waals surface area contributed by atoms with Crippen LogP contribution in [0.4, 0.5) is 26.3 Å². The van der Waals surface area contributed by atoms with Gasteiger partial charge < -0.3 is 8.83 Å². The number of halogens is 6. The van der Waals surface area contributed by atoms with Crippen molar-refractivity contribution in [3.63, 3.8) is 0 Å². The smallest absolute Gasteiger partial charge is 0.416 e. The minimum absolute atomic E-state index is 0.356. The maximum absolute atomic E-state index is 13.4. The van der Waals surface area contributed by atoms with E-state index < -0.39 is 28.9 Å². The maximum Gasteiger partial charge on any atom is 0.416 e. The zero-order valence-electron chi connectivity index (χ0n) is 24.6. The van der Waals surface area contributed by atoms with Gasteiger partial charge in [-0.05, 0) is 98.8 Å². The molecule has 0 atom stereocenters. The third kappa shape index (κ3) is 4.74. The lowest BCUT2D eigenvalue weighted by molar-refractivity contribution is -0.138. The Bertz CT molecular complexity index is 2320. The third-order valence-corrected chi connectivity index (χ3v) is 8.55. The van der Waals surface area contributed by atoms with Gasteiger partial charge >= 0.3 is 12.4 Å². The summed E-state index contributed by atoms with van der Waals surface area (Å²) < 4.78 is 95.1. The second-order valence-corrected chi connectivity index (χ2v) is 11.9. The molecule has 4 heterocycles. The Kier molecular flexibility index (Phi) is 5.99. The van der Waals surface area contributed by atoms with Crippen LogP contribution < -0.4 is 0 Å². The van der Waals surface area contributed by atoms with Crippen molar-refractivity contribution in [3.05, 3.63) is 120 Å². The van der Waals surface area contributed by atoms with Gasteiger partial charge in [-0.1, -0.05) is 0 Å². The van der Waals surface area contributed by atoms with Gasteiger partial charge in [-0.15, -0.1) is 0 Å². The summed E-state index contributed by atoms with van der Waals surface area (Å²) in [7, 11) is 0. The lowest BCUT2D eigenvalue weighted by Crippen LogP contribution is -2.21. The molecular weight excluding hydrogens is 622 g/mol. The molecule has 0 bridgehead atoms. The molecular formula is C35H22F6N4O2. The lowest BCUT2D eigenvalue weighted by Gasteiger charge is -2.19. The zero-order chi connectivity index (χ0) is 32.9. The SMILES string of the molecule is CC(C)(c1ccn(-c2ccc3oc4ccc(C(F)(F)F)cc4c3c2)n1)c1ccn(-c2ccc3oc4ccc(C(F)(F)F)cc4c3c2)n1. The van der Waals surface area contributed by atoms with Crippen LogP contribution in [-0.2, 0) is 17.8 Å². The van der Waals surface area contributed by atoms with Crippen LogP contribution in [0.15, 0.2) is 106 Å². The highest BCUT2D eigenvalue weighted by atomic mass is 19.4. The number of fused-ring (bicyclic) bond motifs is 6. The van der Waals surface area contributed by atoms with Gasteiger partial charge in [0.15, 0.2) is 0 Å². The third-order valence-electron chi connectivity index (χ3n) is 8.55. The van der Waals surface area contributed by atoms with Gasteiger partial charge in [0.2, 0.25) is 0 Å². The molecule has 0 aliphatic heterocycles. The molecule has 8 rings (SSSR count). The molecule has 0 amide bonds. The monoisotopic (exact) mass is 644 g/mol. The Morgan fingerprint density at radius 3 is 1.23 bits per heavy atom. The van der Waals surface area contributed by atoms with E-state index in [4.69, 9.17) is 19.0 Å². The predicted molar refractivity (Wildman–Crippen MR) is 164 cm³/mol. The fourth-order valence-electron chi connectivity index (χ4n) is 5.90. The quantitative estimate of drug-likeness (QED) is 0.179. The van der Waals surface area contributed by atoms with E-state index in [0.717, 1.165) is 24.3 Å². The minimum atomic E-state index is -4.48. The topological polar surface area (TPSA) is 61.9 Å². The molecule has 4 aromatic carbocycles. The summed E-state index contributed by atoms with van der Waals surface area (Å²) in [6.07, 6.45) is -5.42. The van der Waals surface area contributed by atoms with Crippen LogP contribution in [0.5, 0.6) is 0 Å². The first-order valence-corrected chi connectivity index (χ1v) is 14.5. The van der Waals surface area contributed by atoms with Crippen molar-refractivity contribution in [3.8, 4) is 11.4 Å². The van der Waals surface area contributed by atoms with Crippen molar-refractivity contribution in [1.82, 2.24) is 19.6 Å². The first-order valence-electron chi connectivity index (χ1n) is 14.5. The molecule has 0 unspecified atom stereocenters. The Morgan fingerprint density at radius 1 is 0.489 bits per heavy atom. The largest absolute Gasteiger partial charge is 0.456 e. The van der Waals surface area contributed by atoms with Gasteiger partial charge in [-0.3, -0.25) is 0 Å². The molecule has 0 fully saturated rings. The molecule has 47 heavy (non-hydrogen) atoms. The molecule has 0 aliphatic carbocycles. The molecule has 12 heteroatoms. The number of alkyl halides is 6. The van der Waals surface area contributed by atoms with Gasteiger partial charge in [0, 0.05) is 33.9 Å². The molecule has 8 aromatic rings. The fraction of sp³-hybridized carbons (Fsp3) is 0.143. The highest BCUT2D eigenvalue weighted by Gasteiger charge is 2.32. The average Bonchev–Trinajstić information content (AvgIpc) is 3.83. The average molecular weight is 645 g/mol. The Balaban J connectivity index is 1.12. The van der Waals surface area contributed by atoms with Gasteiger partial charge in [0.25, 0.3) is 0 Å². The van der Waals surface area contributed by atoms with Crippen LogP contribution in [0.2, 0.25) is 0 Å². The zero-order valence-corrected chi connectivity index (χ0v) is 24.6. The van der Waals surface area contributed by atoms with Crippen molar-refractivity contribution >= 4 is 43.9 Å². The standard InChI is InChI=1S/C35H22F6N4O2/c1-33(2,31-11-13-44(42-31)21-5-9-29-25(17-21)23-15-19(34(36,37)38)3-7-27(23)46-29)32-12-14-45(43-32)22-6-10-30-26(18-22)24-16-20(35(39,40)41)4-8-28(24)47-30/h3-18H,1-2H3. The van der Waals surface area contributed by atoms with E-state index in [-0.39, 0.29) is 0 Å². The molecule has 0 radical (unpaired) electrons. The van der Waals surface area contributed by atoms with Crippen molar-refractivity contribution in [2.45, 2.75) is 31.6 Å². The fourth-order valence-corrected chi connectivity index (χ4v) is 5.90. The van der Waals surface area contributed by atoms with Crippen LogP contribution in [0.1, 0.15) is 36.4 Å². The number of rotatable bonds is 4. The second kappa shape index (κ2) is 9.74. The highest BCUT2D eigenvalue weighted by molar-refractivity contribution is 6.06. The summed E-state index contributed by atoms with van der Waals surface area (Å²) in [5.74, 6) is 0. The maximum atomic E-state index is 13.4. The molecule has 0 spiro atoms. The lowest BCUT2D eigenvalue weighted by atomic mass is 9.86. The van der Waals surface area contributed by atoms with E-state index in [9.17, 15) is 26.3 Å². The van der Waals surface area contributed by atoms with E-state index in [1.165, 1.54) is 12.1 Å². The number of nitrogens with zero attached hydrogens (tertiary/aromatic N) is 4. The predicted octanol–water partition coefficient (Wildman–Crippen LogP) is 10.2. The minimum Gasteiger partial charge on any atom is -0.456 e. The van der Waals surface area contributed by atoms with Crippen LogP contribution in [0, 0.1) is 0 Å². The highest BCUT2D eigenvalue weighted by Crippen LogP contribution is 2.38. The molecule has 0 aliphatic rings. The van der Waals surface area contributed by atoms with E-state index >= 15 is 0 Å². The number of aromatic nitrogens is 4. The summed E-state index contributed by atoms with van der Waals surface area (Å²) in [6.45, 7) is 3.92. The number of furan rings is 2. The molecule has 0 saturated carbocycles. The number of benzene rings is 4. The molecule has 6 nitrogen and oxygen atoms in total. The van der Waals surface area contributed by atoms with Crippen LogP contribution in [0.3, 0.4) is 0 Å². The molecule has 236 valence electrons. The summed E-state index contributed by atoms with van der Waals surface area (Å²) in [5.41, 5.74) is 2.11. The van der Waals surface area contributed by atoms with Crippen molar-refractivity contribution in [2.24, 2.45) is 0 Å². The summed E-state index contributed by atoms with van der Waals surface area (Å²) in [6, 6.07) is 21.0. The first-order chi connectivity index (χ1) is 22.3. The Morgan fingerprint density at radius 2 is 0.851 bits per heavy atom. The van der Waals surface area contributed by atoms with Gasteiger partial charge in [-0.2, -0.15) is 36.5 Å². The van der Waals surface area contributed by atoms with Crippen LogP contribution in [0.25, 0.3) is 55.3 Å². The number of hydrogen-bond donors (Lipinski definition) is 0. The van der Waals surface area contributed by atoms with Crippen molar-refractivity contribution in [1.29, 1.82) is 0 Å². The van der Waals surface area contributed by atoms with Gasteiger partial charge in [0.1, 0.15) is 22.3 Å². The first kappa shape index (κ1) is 28.9. The molecule has 0 N–H and O–H groups in total. The van der Waals surface area contributed by atoms with Crippen molar-refractivity contribution < 1.29 is 35.2 Å². The molecule has 0 saturated heterocycles. The second-order valence-electron chi connectivity index (χ2n) is 11.9. The van der Waals surface area contributed by atoms with Gasteiger partial charge in [0.05, 0.1) is 39.3 Å². The van der Waals surface area contributed by atoms with E-state index in [0.29, 0.717) is 66.6 Å². The van der Waals surface area contributed by atoms with Crippen LogP contribution in [-0.4, -0.2) is 19.6 Å². The van der Waals surface area contributed by atoms with E-state index in [1.807, 2.05) is 26.0 Å². The summed E-state index contributed by atoms with van der Waals surface area (Å²) >= 11 is 0. The van der Waals surface area contributed by atoms with Gasteiger partial charge in [-0.25, -0.2) is 9.36 Å². The number of hydrogen-bond acceptors (Lipinski definition) is 4. The normalized spacial score (nSPS) is 13.1. The Hall–Kier alpha value is -5.52. The summed E-state index contributed by atoms with van der Waals surface area (Å²) in [4.78, 5) is 0.